The fourth-order valence-electron chi connectivity index (χ4n) is 1.74. The van der Waals surface area contributed by atoms with Crippen molar-refractivity contribution in [1.82, 2.24) is 9.91 Å². The molecular formula is C11H13F3N4O. The molecule has 0 fully saturated rings. The summed E-state index contributed by atoms with van der Waals surface area (Å²) in [5.41, 5.74) is 4.55. The summed E-state index contributed by atoms with van der Waals surface area (Å²) in [5, 5.41) is 5.26. The minimum atomic E-state index is -4.43. The molecule has 0 aromatic rings. The number of amidine groups is 1. The highest BCUT2D eigenvalue weighted by Gasteiger charge is 2.36. The van der Waals surface area contributed by atoms with E-state index >= 15 is 0 Å². The first-order valence-corrected chi connectivity index (χ1v) is 5.74. The molecule has 1 amide bonds. The second-order valence-corrected chi connectivity index (χ2v) is 4.16. The Morgan fingerprint density at radius 1 is 1.37 bits per heavy atom. The lowest BCUT2D eigenvalue weighted by Gasteiger charge is -2.32. The van der Waals surface area contributed by atoms with Gasteiger partial charge in [0.05, 0.1) is 5.57 Å². The smallest absolute Gasteiger partial charge is 0.330 e. The number of allylic oxidation sites excluding steroid dienone is 2. The Balaban J connectivity index is 2.18. The van der Waals surface area contributed by atoms with Gasteiger partial charge in [0, 0.05) is 12.7 Å². The summed E-state index contributed by atoms with van der Waals surface area (Å²) in [4.78, 5) is 12.9. The number of hydrogen-bond acceptors (Lipinski definition) is 4. The number of amides is 1. The van der Waals surface area contributed by atoms with Crippen LogP contribution in [0.15, 0.2) is 29.0 Å². The van der Waals surface area contributed by atoms with Gasteiger partial charge in [-0.1, -0.05) is 0 Å². The molecule has 0 aromatic heterocycles. The molecule has 0 saturated carbocycles. The number of carbonyl (C=O) groups excluding carboxylic acids is 1. The largest absolute Gasteiger partial charge is 0.417 e. The second kappa shape index (κ2) is 5.04. The summed E-state index contributed by atoms with van der Waals surface area (Å²) >= 11 is 0. The first kappa shape index (κ1) is 13.6. The number of fused-ring (bicyclic) bond motifs is 1. The van der Waals surface area contributed by atoms with E-state index in [0.29, 0.717) is 25.3 Å². The van der Waals surface area contributed by atoms with Crippen LogP contribution in [-0.4, -0.2) is 47.5 Å². The van der Waals surface area contributed by atoms with Crippen molar-refractivity contribution in [3.63, 3.8) is 0 Å². The van der Waals surface area contributed by atoms with E-state index in [1.807, 2.05) is 0 Å². The van der Waals surface area contributed by atoms with Gasteiger partial charge in [-0.15, -0.1) is 0 Å². The minimum absolute atomic E-state index is 0.146. The van der Waals surface area contributed by atoms with Gasteiger partial charge >= 0.3 is 6.18 Å². The normalized spacial score (nSPS) is 19.3. The van der Waals surface area contributed by atoms with E-state index in [1.165, 1.54) is 16.0 Å². The van der Waals surface area contributed by atoms with Crippen LogP contribution in [0.4, 0.5) is 13.2 Å². The summed E-state index contributed by atoms with van der Waals surface area (Å²) in [6.07, 6.45) is -0.731. The average Bonchev–Trinajstić information content (AvgIpc) is 2.34. The van der Waals surface area contributed by atoms with E-state index in [0.717, 1.165) is 12.3 Å². The van der Waals surface area contributed by atoms with E-state index in [-0.39, 0.29) is 12.5 Å². The van der Waals surface area contributed by atoms with Gasteiger partial charge in [0.25, 0.3) is 5.91 Å². The zero-order chi connectivity index (χ0) is 14.0. The van der Waals surface area contributed by atoms with E-state index < -0.39 is 11.7 Å². The Morgan fingerprint density at radius 2 is 2.11 bits per heavy atom. The predicted octanol–water partition coefficient (Wildman–Crippen LogP) is 0.809. The lowest BCUT2D eigenvalue weighted by molar-refractivity contribution is -0.132. The zero-order valence-corrected chi connectivity index (χ0v) is 10.0. The molecule has 104 valence electrons. The zero-order valence-electron chi connectivity index (χ0n) is 10.0. The number of rotatable bonds is 3. The highest BCUT2D eigenvalue weighted by Crippen LogP contribution is 2.29. The number of halogens is 3. The molecular weight excluding hydrogens is 261 g/mol. The standard InChI is InChI=1S/C11H13F3N4O/c12-11(13,14)8-2-3-9-16-18(5-1-4-15)10(19)7-17(9)6-8/h2-3,6H,1,4-5,7,15H2. The van der Waals surface area contributed by atoms with Crippen molar-refractivity contribution in [2.24, 2.45) is 10.8 Å². The minimum Gasteiger partial charge on any atom is -0.330 e. The maximum atomic E-state index is 12.5. The molecule has 2 aliphatic rings. The average molecular weight is 274 g/mol. The van der Waals surface area contributed by atoms with Crippen molar-refractivity contribution in [2.45, 2.75) is 12.6 Å². The number of alkyl halides is 3. The van der Waals surface area contributed by atoms with Gasteiger partial charge in [0.1, 0.15) is 6.54 Å². The molecule has 5 nitrogen and oxygen atoms in total. The van der Waals surface area contributed by atoms with Crippen LogP contribution in [0.2, 0.25) is 0 Å². The SMILES string of the molecule is NCCCN1N=C2C=CC(C(F)(F)F)=CN2CC1=O. The van der Waals surface area contributed by atoms with Gasteiger partial charge in [0.15, 0.2) is 5.84 Å². The molecule has 0 spiro atoms. The van der Waals surface area contributed by atoms with E-state index in [9.17, 15) is 18.0 Å². The quantitative estimate of drug-likeness (QED) is 0.828. The lowest BCUT2D eigenvalue weighted by Crippen LogP contribution is -2.46. The van der Waals surface area contributed by atoms with Gasteiger partial charge in [-0.2, -0.15) is 18.3 Å². The third-order valence-electron chi connectivity index (χ3n) is 2.72. The van der Waals surface area contributed by atoms with Crippen LogP contribution in [0, 0.1) is 0 Å². The van der Waals surface area contributed by atoms with Gasteiger partial charge in [-0.05, 0) is 25.1 Å². The van der Waals surface area contributed by atoms with Crippen molar-refractivity contribution in [1.29, 1.82) is 0 Å². The summed E-state index contributed by atoms with van der Waals surface area (Å²) in [6, 6.07) is 0. The van der Waals surface area contributed by atoms with Crippen molar-refractivity contribution in [3.05, 3.63) is 23.9 Å². The molecule has 0 unspecified atom stereocenters. The Labute approximate surface area is 107 Å². The Hall–Kier alpha value is -1.83. The topological polar surface area (TPSA) is 61.9 Å². The fourth-order valence-corrected chi connectivity index (χ4v) is 1.74. The molecule has 0 saturated heterocycles. The van der Waals surface area contributed by atoms with E-state index in [1.54, 1.807) is 0 Å². The molecule has 19 heavy (non-hydrogen) atoms. The van der Waals surface area contributed by atoms with Gasteiger partial charge in [-0.25, -0.2) is 5.01 Å². The van der Waals surface area contributed by atoms with Crippen molar-refractivity contribution in [3.8, 4) is 0 Å². The number of nitrogens with zero attached hydrogens (tertiary/aromatic N) is 3. The molecule has 2 aliphatic heterocycles. The molecule has 8 heteroatoms. The molecule has 0 radical (unpaired) electrons. The number of hydrogen-bond donors (Lipinski definition) is 1. The number of hydrazone groups is 1. The van der Waals surface area contributed by atoms with Gasteiger partial charge in [0.2, 0.25) is 0 Å². The van der Waals surface area contributed by atoms with Crippen molar-refractivity contribution >= 4 is 11.7 Å². The molecule has 0 aromatic carbocycles. The first-order valence-electron chi connectivity index (χ1n) is 5.74. The third-order valence-corrected chi connectivity index (χ3v) is 2.72. The Morgan fingerprint density at radius 3 is 2.74 bits per heavy atom. The summed E-state index contributed by atoms with van der Waals surface area (Å²) in [5.74, 6) is -0.0186. The maximum absolute atomic E-state index is 12.5. The fraction of sp³-hybridized carbons (Fsp3) is 0.455. The van der Waals surface area contributed by atoms with Crippen LogP contribution < -0.4 is 5.73 Å². The molecule has 0 aliphatic carbocycles. The number of nitrogens with two attached hydrogens (primary N) is 1. The molecule has 2 heterocycles. The van der Waals surface area contributed by atoms with Crippen LogP contribution in [-0.2, 0) is 4.79 Å². The van der Waals surface area contributed by atoms with Crippen molar-refractivity contribution < 1.29 is 18.0 Å². The van der Waals surface area contributed by atoms with Crippen molar-refractivity contribution in [2.75, 3.05) is 19.6 Å². The third kappa shape index (κ3) is 2.95. The number of carbonyl (C=O) groups is 1. The van der Waals surface area contributed by atoms with Crippen LogP contribution in [0.25, 0.3) is 0 Å². The van der Waals surface area contributed by atoms with Crippen LogP contribution in [0.3, 0.4) is 0 Å². The van der Waals surface area contributed by atoms with Gasteiger partial charge in [-0.3, -0.25) is 4.79 Å². The Kier molecular flexibility index (Phi) is 3.61. The lowest BCUT2D eigenvalue weighted by atomic mass is 10.2. The molecule has 2 rings (SSSR count). The van der Waals surface area contributed by atoms with Gasteiger partial charge < -0.3 is 10.6 Å². The second-order valence-electron chi connectivity index (χ2n) is 4.16. The highest BCUT2D eigenvalue weighted by molar-refractivity contribution is 6.00. The molecule has 0 bridgehead atoms. The Bertz CT molecular complexity index is 467. The predicted molar refractivity (Wildman–Crippen MR) is 62.8 cm³/mol. The summed E-state index contributed by atoms with van der Waals surface area (Å²) in [6.45, 7) is 0.649. The molecule has 2 N–H and O–H groups in total. The summed E-state index contributed by atoms with van der Waals surface area (Å²) < 4.78 is 37.6. The maximum Gasteiger partial charge on any atom is 0.417 e. The van der Waals surface area contributed by atoms with Crippen LogP contribution in [0.5, 0.6) is 0 Å². The highest BCUT2D eigenvalue weighted by atomic mass is 19.4. The monoisotopic (exact) mass is 274 g/mol. The van der Waals surface area contributed by atoms with E-state index in [2.05, 4.69) is 5.10 Å². The molecule has 0 atom stereocenters. The summed E-state index contributed by atoms with van der Waals surface area (Å²) in [7, 11) is 0. The first-order chi connectivity index (χ1) is 8.91. The van der Waals surface area contributed by atoms with Crippen LogP contribution >= 0.6 is 0 Å². The van der Waals surface area contributed by atoms with Crippen LogP contribution in [0.1, 0.15) is 6.42 Å². The van der Waals surface area contributed by atoms with E-state index in [4.69, 9.17) is 5.73 Å².